The maximum atomic E-state index is 13.0. The summed E-state index contributed by atoms with van der Waals surface area (Å²) in [5.41, 5.74) is -0.741. The number of benzene rings is 1. The van der Waals surface area contributed by atoms with E-state index in [9.17, 15) is 18.0 Å². The minimum Gasteiger partial charge on any atom is -0.444 e. The predicted octanol–water partition coefficient (Wildman–Crippen LogP) is 4.87. The fraction of sp³-hybridized carbons (Fsp3) is 0.588. The molecule has 1 aliphatic rings. The van der Waals surface area contributed by atoms with Crippen LogP contribution in [0, 0.1) is 0 Å². The Kier molecular flexibility index (Phi) is 5.42. The van der Waals surface area contributed by atoms with Crippen molar-refractivity contribution in [2.45, 2.75) is 57.9 Å². The second kappa shape index (κ2) is 7.01. The minimum absolute atomic E-state index is 0.0778. The second-order valence-corrected chi connectivity index (χ2v) is 6.93. The van der Waals surface area contributed by atoms with E-state index in [1.165, 1.54) is 6.07 Å². The Labute approximate surface area is 139 Å². The normalized spacial score (nSPS) is 19.0. The zero-order chi connectivity index (χ0) is 18.0. The predicted molar refractivity (Wildman–Crippen MR) is 85.9 cm³/mol. The molecule has 1 saturated heterocycles. The highest BCUT2D eigenvalue weighted by molar-refractivity contribution is 5.86. The molecule has 0 spiro atoms. The summed E-state index contributed by atoms with van der Waals surface area (Å²) < 4.78 is 44.1. The molecule has 1 aliphatic heterocycles. The van der Waals surface area contributed by atoms with Gasteiger partial charge in [0.25, 0.3) is 0 Å². The van der Waals surface area contributed by atoms with E-state index in [0.29, 0.717) is 5.56 Å². The van der Waals surface area contributed by atoms with Crippen molar-refractivity contribution in [3.8, 4) is 0 Å². The van der Waals surface area contributed by atoms with Gasteiger partial charge in [-0.25, -0.2) is 4.79 Å². The van der Waals surface area contributed by atoms with E-state index in [2.05, 4.69) is 10.6 Å². The molecule has 1 unspecified atom stereocenters. The summed E-state index contributed by atoms with van der Waals surface area (Å²) in [7, 11) is 0. The fourth-order valence-electron chi connectivity index (χ4n) is 2.68. The Balaban J connectivity index is 2.30. The summed E-state index contributed by atoms with van der Waals surface area (Å²) in [4.78, 5) is 12.0. The molecule has 1 fully saturated rings. The molecule has 1 heterocycles. The van der Waals surface area contributed by atoms with E-state index in [1.807, 2.05) is 0 Å². The largest absolute Gasteiger partial charge is 0.444 e. The van der Waals surface area contributed by atoms with Crippen LogP contribution in [0.15, 0.2) is 18.2 Å². The lowest BCUT2D eigenvalue weighted by Gasteiger charge is -2.27. The molecule has 1 aromatic carbocycles. The van der Waals surface area contributed by atoms with Crippen molar-refractivity contribution in [3.05, 3.63) is 29.3 Å². The molecular weight excluding hydrogens is 321 g/mol. The van der Waals surface area contributed by atoms with Crippen LogP contribution in [-0.4, -0.2) is 18.2 Å². The molecule has 7 heteroatoms. The van der Waals surface area contributed by atoms with Crippen LogP contribution in [0.3, 0.4) is 0 Å². The maximum absolute atomic E-state index is 13.0. The van der Waals surface area contributed by atoms with Gasteiger partial charge in [-0.05, 0) is 57.9 Å². The first-order valence-electron chi connectivity index (χ1n) is 8.01. The third-order valence-electron chi connectivity index (χ3n) is 3.70. The monoisotopic (exact) mass is 344 g/mol. The quantitative estimate of drug-likeness (QED) is 0.805. The number of carbonyl (C=O) groups excluding carboxylic acids is 1. The van der Waals surface area contributed by atoms with Crippen molar-refractivity contribution in [1.82, 2.24) is 5.32 Å². The number of rotatable bonds is 2. The van der Waals surface area contributed by atoms with Gasteiger partial charge in [0.1, 0.15) is 5.60 Å². The number of nitrogens with one attached hydrogen (secondary N) is 2. The number of carbonyl (C=O) groups is 1. The third-order valence-corrected chi connectivity index (χ3v) is 3.70. The lowest BCUT2D eigenvalue weighted by Crippen LogP contribution is -2.30. The van der Waals surface area contributed by atoms with Gasteiger partial charge in [0.2, 0.25) is 0 Å². The first-order valence-corrected chi connectivity index (χ1v) is 8.01. The highest BCUT2D eigenvalue weighted by Crippen LogP contribution is 2.36. The number of hydrogen-bond acceptors (Lipinski definition) is 3. The zero-order valence-corrected chi connectivity index (χ0v) is 14.1. The molecule has 24 heavy (non-hydrogen) atoms. The van der Waals surface area contributed by atoms with Crippen LogP contribution in [0.5, 0.6) is 0 Å². The molecule has 0 saturated carbocycles. The van der Waals surface area contributed by atoms with Crippen molar-refractivity contribution >= 4 is 11.8 Å². The van der Waals surface area contributed by atoms with E-state index in [4.69, 9.17) is 4.74 Å². The van der Waals surface area contributed by atoms with Gasteiger partial charge in [-0.1, -0.05) is 12.5 Å². The van der Waals surface area contributed by atoms with E-state index in [1.54, 1.807) is 20.8 Å². The molecule has 0 aliphatic carbocycles. The molecule has 2 N–H and O–H groups in total. The molecule has 2 rings (SSSR count). The average Bonchev–Trinajstić information content (AvgIpc) is 2.45. The van der Waals surface area contributed by atoms with Crippen molar-refractivity contribution in [2.24, 2.45) is 0 Å². The van der Waals surface area contributed by atoms with Gasteiger partial charge < -0.3 is 10.1 Å². The van der Waals surface area contributed by atoms with Crippen molar-refractivity contribution in [1.29, 1.82) is 0 Å². The van der Waals surface area contributed by atoms with Crippen LogP contribution in [0.1, 0.15) is 57.2 Å². The summed E-state index contributed by atoms with van der Waals surface area (Å²) in [6, 6.07) is 3.37. The van der Waals surface area contributed by atoms with Crippen LogP contribution < -0.4 is 10.6 Å². The molecule has 0 radical (unpaired) electrons. The number of ether oxygens (including phenoxy) is 1. The van der Waals surface area contributed by atoms with Crippen LogP contribution in [0.2, 0.25) is 0 Å². The number of amides is 1. The highest BCUT2D eigenvalue weighted by Gasteiger charge is 2.32. The summed E-state index contributed by atoms with van der Waals surface area (Å²) in [6.07, 6.45) is -2.40. The summed E-state index contributed by atoms with van der Waals surface area (Å²) in [6.45, 7) is 5.89. The SMILES string of the molecule is CC(C)(C)OC(=O)Nc1cc(C(F)(F)F)ccc1C1CCCCN1. The van der Waals surface area contributed by atoms with Crippen LogP contribution >= 0.6 is 0 Å². The number of hydrogen-bond donors (Lipinski definition) is 2. The summed E-state index contributed by atoms with van der Waals surface area (Å²) in [5.74, 6) is 0. The van der Waals surface area contributed by atoms with Gasteiger partial charge in [0, 0.05) is 11.7 Å². The third kappa shape index (κ3) is 5.12. The van der Waals surface area contributed by atoms with Gasteiger partial charge in [0.15, 0.2) is 0 Å². The first-order chi connectivity index (χ1) is 11.1. The molecule has 0 aromatic heterocycles. The number of piperidine rings is 1. The van der Waals surface area contributed by atoms with E-state index in [-0.39, 0.29) is 11.7 Å². The first kappa shape index (κ1) is 18.6. The maximum Gasteiger partial charge on any atom is 0.416 e. The number of alkyl halides is 3. The zero-order valence-electron chi connectivity index (χ0n) is 14.1. The van der Waals surface area contributed by atoms with Gasteiger partial charge in [-0.15, -0.1) is 0 Å². The number of halogens is 3. The molecule has 1 amide bonds. The average molecular weight is 344 g/mol. The highest BCUT2D eigenvalue weighted by atomic mass is 19.4. The summed E-state index contributed by atoms with van der Waals surface area (Å²) >= 11 is 0. The number of anilines is 1. The van der Waals surface area contributed by atoms with Gasteiger partial charge in [0.05, 0.1) is 5.56 Å². The lowest BCUT2D eigenvalue weighted by atomic mass is 9.95. The molecule has 1 atom stereocenters. The van der Waals surface area contributed by atoms with Crippen molar-refractivity contribution in [2.75, 3.05) is 11.9 Å². The lowest BCUT2D eigenvalue weighted by molar-refractivity contribution is -0.137. The standard InChI is InChI=1S/C17H23F3N2O2/c1-16(2,3)24-15(23)22-14-10-11(17(18,19)20)7-8-12(14)13-6-4-5-9-21-13/h7-8,10,13,21H,4-6,9H2,1-3H3,(H,22,23). The van der Waals surface area contributed by atoms with Gasteiger partial charge in [-0.3, -0.25) is 5.32 Å². The van der Waals surface area contributed by atoms with Gasteiger partial charge in [-0.2, -0.15) is 13.2 Å². The fourth-order valence-corrected chi connectivity index (χ4v) is 2.68. The molecule has 0 bridgehead atoms. The van der Waals surface area contributed by atoms with Crippen LogP contribution in [0.25, 0.3) is 0 Å². The smallest absolute Gasteiger partial charge is 0.416 e. The minimum atomic E-state index is -4.47. The summed E-state index contributed by atoms with van der Waals surface area (Å²) in [5, 5.41) is 5.76. The molecule has 134 valence electrons. The van der Waals surface area contributed by atoms with E-state index in [0.717, 1.165) is 37.9 Å². The van der Waals surface area contributed by atoms with E-state index >= 15 is 0 Å². The molecule has 1 aromatic rings. The molecular formula is C17H23F3N2O2. The Morgan fingerprint density at radius 1 is 1.25 bits per heavy atom. The second-order valence-electron chi connectivity index (χ2n) is 6.93. The topological polar surface area (TPSA) is 50.4 Å². The molecule has 4 nitrogen and oxygen atoms in total. The van der Waals surface area contributed by atoms with Crippen molar-refractivity contribution in [3.63, 3.8) is 0 Å². The van der Waals surface area contributed by atoms with E-state index < -0.39 is 23.4 Å². The Bertz CT molecular complexity index is 588. The van der Waals surface area contributed by atoms with Crippen LogP contribution in [-0.2, 0) is 10.9 Å². The Morgan fingerprint density at radius 3 is 2.50 bits per heavy atom. The Morgan fingerprint density at radius 2 is 1.96 bits per heavy atom. The van der Waals surface area contributed by atoms with Crippen LogP contribution in [0.4, 0.5) is 23.7 Å². The Hall–Kier alpha value is -1.76. The van der Waals surface area contributed by atoms with Gasteiger partial charge >= 0.3 is 12.3 Å². The van der Waals surface area contributed by atoms with Crippen molar-refractivity contribution < 1.29 is 22.7 Å².